The van der Waals surface area contributed by atoms with Crippen molar-refractivity contribution in [2.24, 2.45) is 0 Å². The summed E-state index contributed by atoms with van der Waals surface area (Å²) in [5.74, 6) is 0.491. The molecule has 0 atom stereocenters. The molecule has 4 rings (SSSR count). The van der Waals surface area contributed by atoms with Crippen LogP contribution < -0.4 is 14.8 Å². The maximum absolute atomic E-state index is 12.8. The van der Waals surface area contributed by atoms with Crippen LogP contribution in [0.15, 0.2) is 52.9 Å². The Labute approximate surface area is 164 Å². The summed E-state index contributed by atoms with van der Waals surface area (Å²) in [6.45, 7) is 0.120. The van der Waals surface area contributed by atoms with E-state index in [1.54, 1.807) is 25.3 Å². The van der Waals surface area contributed by atoms with Crippen molar-refractivity contribution in [3.8, 4) is 5.75 Å². The van der Waals surface area contributed by atoms with E-state index in [4.69, 9.17) is 4.74 Å². The number of amides is 1. The summed E-state index contributed by atoms with van der Waals surface area (Å²) in [5.41, 5.74) is 3.87. The molecule has 1 aliphatic heterocycles. The molecular formula is C21H22N2O4S. The molecule has 0 saturated heterocycles. The maximum Gasteiger partial charge on any atom is 0.256 e. The van der Waals surface area contributed by atoms with Crippen molar-refractivity contribution in [2.45, 2.75) is 37.1 Å². The van der Waals surface area contributed by atoms with Gasteiger partial charge in [-0.2, -0.15) is 0 Å². The number of ether oxygens (including phenoxy) is 1. The van der Waals surface area contributed by atoms with E-state index in [0.29, 0.717) is 22.6 Å². The molecule has 2 N–H and O–H groups in total. The van der Waals surface area contributed by atoms with Crippen LogP contribution in [0, 0.1) is 0 Å². The van der Waals surface area contributed by atoms with Crippen LogP contribution in [-0.2, 0) is 21.4 Å². The molecule has 1 aliphatic carbocycles. The Kier molecular flexibility index (Phi) is 4.95. The zero-order valence-electron chi connectivity index (χ0n) is 15.6. The van der Waals surface area contributed by atoms with E-state index in [-0.39, 0.29) is 17.3 Å². The average molecular weight is 398 g/mol. The van der Waals surface area contributed by atoms with E-state index in [1.807, 2.05) is 18.2 Å². The van der Waals surface area contributed by atoms with Crippen LogP contribution in [0.3, 0.4) is 0 Å². The normalized spacial score (nSPS) is 16.2. The van der Waals surface area contributed by atoms with Gasteiger partial charge in [-0.3, -0.25) is 4.79 Å². The van der Waals surface area contributed by atoms with E-state index in [2.05, 4.69) is 10.0 Å². The van der Waals surface area contributed by atoms with E-state index in [0.717, 1.165) is 36.8 Å². The summed E-state index contributed by atoms with van der Waals surface area (Å²) in [6, 6.07) is 12.0. The number of allylic oxidation sites excluding steroid dienone is 1. The molecular weight excluding hydrogens is 376 g/mol. The smallest absolute Gasteiger partial charge is 0.256 e. The fourth-order valence-corrected chi connectivity index (χ4v) is 4.85. The first-order valence-electron chi connectivity index (χ1n) is 9.29. The predicted octanol–water partition coefficient (Wildman–Crippen LogP) is 3.45. The van der Waals surface area contributed by atoms with Crippen LogP contribution in [0.1, 0.15) is 36.8 Å². The standard InChI is InChI=1S/C21H22N2O4S/c1-27-19-9-5-4-8-15(19)13-22-28(25,26)16-10-11-18-17(12-16)20(21(24)23-18)14-6-2-3-7-14/h4-5,8-12,22H,2-3,6-7,13H2,1H3,(H,23,24). The highest BCUT2D eigenvalue weighted by molar-refractivity contribution is 7.89. The van der Waals surface area contributed by atoms with Gasteiger partial charge in [0.15, 0.2) is 0 Å². The fourth-order valence-electron chi connectivity index (χ4n) is 3.82. The zero-order chi connectivity index (χ0) is 19.7. The second-order valence-electron chi connectivity index (χ2n) is 6.98. The lowest BCUT2D eigenvalue weighted by molar-refractivity contribution is -0.110. The summed E-state index contributed by atoms with van der Waals surface area (Å²) < 4.78 is 33.6. The highest BCUT2D eigenvalue weighted by Crippen LogP contribution is 2.40. The van der Waals surface area contributed by atoms with Gasteiger partial charge in [-0.05, 0) is 49.9 Å². The largest absolute Gasteiger partial charge is 0.496 e. The third kappa shape index (κ3) is 3.43. The van der Waals surface area contributed by atoms with Crippen molar-refractivity contribution < 1.29 is 17.9 Å². The topological polar surface area (TPSA) is 84.5 Å². The Morgan fingerprint density at radius 1 is 1.11 bits per heavy atom. The van der Waals surface area contributed by atoms with Crippen molar-refractivity contribution >= 4 is 27.2 Å². The lowest BCUT2D eigenvalue weighted by atomic mass is 10.00. The second-order valence-corrected chi connectivity index (χ2v) is 8.75. The minimum atomic E-state index is -3.74. The number of fused-ring (bicyclic) bond motifs is 1. The maximum atomic E-state index is 12.8. The Bertz CT molecular complexity index is 1070. The monoisotopic (exact) mass is 398 g/mol. The molecule has 2 aliphatic rings. The van der Waals surface area contributed by atoms with Gasteiger partial charge in [0.05, 0.1) is 12.0 Å². The number of carbonyl (C=O) groups excluding carboxylic acids is 1. The minimum Gasteiger partial charge on any atom is -0.496 e. The summed E-state index contributed by atoms with van der Waals surface area (Å²) in [7, 11) is -2.19. The molecule has 1 amide bonds. The van der Waals surface area contributed by atoms with Gasteiger partial charge in [-0.15, -0.1) is 0 Å². The van der Waals surface area contributed by atoms with Crippen LogP contribution in [0.5, 0.6) is 5.75 Å². The molecule has 2 aromatic carbocycles. The van der Waals surface area contributed by atoms with Gasteiger partial charge in [0.25, 0.3) is 5.91 Å². The molecule has 0 unspecified atom stereocenters. The number of carbonyl (C=O) groups is 1. The highest BCUT2D eigenvalue weighted by Gasteiger charge is 2.30. The first-order valence-corrected chi connectivity index (χ1v) is 10.8. The number of benzene rings is 2. The van der Waals surface area contributed by atoms with Gasteiger partial charge in [0.1, 0.15) is 5.75 Å². The van der Waals surface area contributed by atoms with Gasteiger partial charge in [0.2, 0.25) is 10.0 Å². The van der Waals surface area contributed by atoms with Crippen LogP contribution in [0.25, 0.3) is 5.57 Å². The SMILES string of the molecule is COc1ccccc1CNS(=O)(=O)c1ccc2c(c1)C(=C1CCCC1)C(=O)N2. The van der Waals surface area contributed by atoms with Gasteiger partial charge in [-0.1, -0.05) is 23.8 Å². The first-order chi connectivity index (χ1) is 13.5. The number of rotatable bonds is 5. The van der Waals surface area contributed by atoms with E-state index >= 15 is 0 Å². The summed E-state index contributed by atoms with van der Waals surface area (Å²) in [6.07, 6.45) is 3.93. The van der Waals surface area contributed by atoms with Crippen molar-refractivity contribution in [3.05, 3.63) is 59.2 Å². The molecule has 0 aromatic heterocycles. The Hall–Kier alpha value is -2.64. The summed E-state index contributed by atoms with van der Waals surface area (Å²) in [4.78, 5) is 12.6. The molecule has 2 aromatic rings. The van der Waals surface area contributed by atoms with E-state index in [9.17, 15) is 13.2 Å². The van der Waals surface area contributed by atoms with Crippen LogP contribution in [-0.4, -0.2) is 21.4 Å². The van der Waals surface area contributed by atoms with E-state index in [1.165, 1.54) is 6.07 Å². The van der Waals surface area contributed by atoms with Gasteiger partial charge in [0, 0.05) is 28.9 Å². The van der Waals surface area contributed by atoms with Crippen molar-refractivity contribution in [3.63, 3.8) is 0 Å². The number of nitrogens with one attached hydrogen (secondary N) is 2. The molecule has 0 spiro atoms. The van der Waals surface area contributed by atoms with Crippen molar-refractivity contribution in [2.75, 3.05) is 12.4 Å². The third-order valence-electron chi connectivity index (χ3n) is 5.25. The number of para-hydroxylation sites is 1. The Morgan fingerprint density at radius 2 is 1.86 bits per heavy atom. The number of hydrogen-bond acceptors (Lipinski definition) is 4. The zero-order valence-corrected chi connectivity index (χ0v) is 16.4. The minimum absolute atomic E-state index is 0.120. The van der Waals surface area contributed by atoms with Gasteiger partial charge in [-0.25, -0.2) is 13.1 Å². The molecule has 0 bridgehead atoms. The quantitative estimate of drug-likeness (QED) is 0.756. The Morgan fingerprint density at radius 3 is 2.61 bits per heavy atom. The molecule has 146 valence electrons. The summed E-state index contributed by atoms with van der Waals surface area (Å²) in [5, 5.41) is 2.85. The summed E-state index contributed by atoms with van der Waals surface area (Å²) >= 11 is 0. The molecule has 7 heteroatoms. The van der Waals surface area contributed by atoms with E-state index < -0.39 is 10.0 Å². The number of hydrogen-bond donors (Lipinski definition) is 2. The molecule has 28 heavy (non-hydrogen) atoms. The van der Waals surface area contributed by atoms with Gasteiger partial charge < -0.3 is 10.1 Å². The molecule has 6 nitrogen and oxygen atoms in total. The van der Waals surface area contributed by atoms with Crippen molar-refractivity contribution in [1.29, 1.82) is 0 Å². The number of anilines is 1. The van der Waals surface area contributed by atoms with Crippen LogP contribution in [0.2, 0.25) is 0 Å². The average Bonchev–Trinajstić information content (AvgIpc) is 3.32. The van der Waals surface area contributed by atoms with Crippen LogP contribution in [0.4, 0.5) is 5.69 Å². The molecule has 0 radical (unpaired) electrons. The number of methoxy groups -OCH3 is 1. The van der Waals surface area contributed by atoms with Crippen LogP contribution >= 0.6 is 0 Å². The lowest BCUT2D eigenvalue weighted by Crippen LogP contribution is -2.23. The predicted molar refractivity (Wildman–Crippen MR) is 107 cm³/mol. The van der Waals surface area contributed by atoms with Crippen molar-refractivity contribution in [1.82, 2.24) is 4.72 Å². The first kappa shape index (κ1) is 18.7. The molecule has 1 heterocycles. The Balaban J connectivity index is 1.63. The second kappa shape index (κ2) is 7.41. The number of sulfonamides is 1. The highest BCUT2D eigenvalue weighted by atomic mass is 32.2. The van der Waals surface area contributed by atoms with Gasteiger partial charge >= 0.3 is 0 Å². The molecule has 1 fully saturated rings. The third-order valence-corrected chi connectivity index (χ3v) is 6.65. The lowest BCUT2D eigenvalue weighted by Gasteiger charge is -2.11. The fraction of sp³-hybridized carbons (Fsp3) is 0.286. The molecule has 1 saturated carbocycles.